The van der Waals surface area contributed by atoms with Crippen molar-refractivity contribution in [3.63, 3.8) is 0 Å². The summed E-state index contributed by atoms with van der Waals surface area (Å²) in [5, 5.41) is 7.64. The van der Waals surface area contributed by atoms with Crippen molar-refractivity contribution in [2.45, 2.75) is 19.5 Å². The zero-order valence-corrected chi connectivity index (χ0v) is 14.3. The van der Waals surface area contributed by atoms with Gasteiger partial charge in [0, 0.05) is 22.7 Å². The summed E-state index contributed by atoms with van der Waals surface area (Å²) in [5.74, 6) is 0.873. The van der Waals surface area contributed by atoms with Crippen LogP contribution in [0.5, 0.6) is 0 Å². The van der Waals surface area contributed by atoms with Gasteiger partial charge in [0.25, 0.3) is 5.91 Å². The van der Waals surface area contributed by atoms with Crippen LogP contribution in [-0.4, -0.2) is 39.8 Å². The van der Waals surface area contributed by atoms with Crippen molar-refractivity contribution in [2.75, 3.05) is 13.2 Å². The number of benzene rings is 1. The van der Waals surface area contributed by atoms with Crippen LogP contribution in [0.3, 0.4) is 0 Å². The van der Waals surface area contributed by atoms with Crippen molar-refractivity contribution in [3.8, 4) is 0 Å². The maximum Gasteiger partial charge on any atom is 0.269 e. The summed E-state index contributed by atoms with van der Waals surface area (Å²) >= 11 is 5.23. The minimum absolute atomic E-state index is 0.0830. The summed E-state index contributed by atoms with van der Waals surface area (Å²) in [6, 6.07) is 12.0. The smallest absolute Gasteiger partial charge is 0.269 e. The second kappa shape index (κ2) is 6.11. The van der Waals surface area contributed by atoms with Gasteiger partial charge in [0.2, 0.25) is 0 Å². The Balaban J connectivity index is 1.56. The number of carbonyl (C=O) groups is 1. The minimum Gasteiger partial charge on any atom is -0.381 e. The summed E-state index contributed by atoms with van der Waals surface area (Å²) in [6.07, 6.45) is 0. The standard InChI is InChI=1S/C18H19N3O2S/c1-11(24)15-7-16(18(22)19-17-13-9-23-10-14(13)17)21(20-15)8-12-5-3-2-4-6-12/h2-7,13-14,17H,8-10H2,1H3,(H,19,22). The van der Waals surface area contributed by atoms with Crippen LogP contribution in [0.15, 0.2) is 36.4 Å². The van der Waals surface area contributed by atoms with Gasteiger partial charge in [-0.2, -0.15) is 5.10 Å². The van der Waals surface area contributed by atoms with E-state index in [0.717, 1.165) is 18.8 Å². The number of nitrogens with one attached hydrogen (secondary N) is 1. The van der Waals surface area contributed by atoms with E-state index < -0.39 is 0 Å². The lowest BCUT2D eigenvalue weighted by atomic mass is 10.2. The van der Waals surface area contributed by atoms with Crippen LogP contribution in [0, 0.1) is 11.8 Å². The molecule has 1 aromatic carbocycles. The molecule has 1 aliphatic heterocycles. The number of rotatable bonds is 5. The van der Waals surface area contributed by atoms with E-state index in [1.54, 1.807) is 10.7 Å². The highest BCUT2D eigenvalue weighted by atomic mass is 32.1. The Hall–Kier alpha value is -2.05. The third-order valence-electron chi connectivity index (χ3n) is 4.80. The first kappa shape index (κ1) is 15.5. The molecular weight excluding hydrogens is 322 g/mol. The Bertz CT molecular complexity index is 777. The summed E-state index contributed by atoms with van der Waals surface area (Å²) in [6.45, 7) is 3.88. The van der Waals surface area contributed by atoms with Gasteiger partial charge in [-0.05, 0) is 18.6 Å². The molecule has 1 amide bonds. The van der Waals surface area contributed by atoms with Gasteiger partial charge in [0.15, 0.2) is 0 Å². The van der Waals surface area contributed by atoms with Gasteiger partial charge in [-0.3, -0.25) is 9.48 Å². The van der Waals surface area contributed by atoms with E-state index in [0.29, 0.717) is 34.6 Å². The van der Waals surface area contributed by atoms with Crippen molar-refractivity contribution in [2.24, 2.45) is 11.8 Å². The Labute approximate surface area is 146 Å². The van der Waals surface area contributed by atoms with Crippen molar-refractivity contribution in [3.05, 3.63) is 53.3 Å². The monoisotopic (exact) mass is 341 g/mol. The first-order valence-electron chi connectivity index (χ1n) is 8.15. The molecule has 2 atom stereocenters. The second-order valence-corrected chi connectivity index (χ2v) is 7.09. The van der Waals surface area contributed by atoms with Gasteiger partial charge in [0.1, 0.15) is 5.69 Å². The summed E-state index contributed by atoms with van der Waals surface area (Å²) in [5.41, 5.74) is 2.34. The summed E-state index contributed by atoms with van der Waals surface area (Å²) < 4.78 is 7.12. The molecule has 1 aromatic heterocycles. The lowest BCUT2D eigenvalue weighted by Crippen LogP contribution is -2.31. The predicted molar refractivity (Wildman–Crippen MR) is 94.2 cm³/mol. The fraction of sp³-hybridized carbons (Fsp3) is 0.389. The molecule has 4 rings (SSSR count). The van der Waals surface area contributed by atoms with E-state index >= 15 is 0 Å². The van der Waals surface area contributed by atoms with Gasteiger partial charge in [-0.25, -0.2) is 0 Å². The fourth-order valence-corrected chi connectivity index (χ4v) is 3.43. The van der Waals surface area contributed by atoms with E-state index in [2.05, 4.69) is 10.4 Å². The summed E-state index contributed by atoms with van der Waals surface area (Å²) in [4.78, 5) is 13.4. The lowest BCUT2D eigenvalue weighted by molar-refractivity contribution is 0.0918. The van der Waals surface area contributed by atoms with Crippen molar-refractivity contribution >= 4 is 23.0 Å². The van der Waals surface area contributed by atoms with Crippen LogP contribution >= 0.6 is 12.2 Å². The molecule has 2 fully saturated rings. The van der Waals surface area contributed by atoms with Crippen molar-refractivity contribution < 1.29 is 9.53 Å². The van der Waals surface area contributed by atoms with Gasteiger partial charge in [-0.15, -0.1) is 0 Å². The number of nitrogens with zero attached hydrogens (tertiary/aromatic N) is 2. The SMILES string of the molecule is CC(=S)c1cc(C(=O)NC2C3COCC32)n(Cc2ccccc2)n1. The number of thiocarbonyl (C=S) groups is 1. The second-order valence-electron chi connectivity index (χ2n) is 6.48. The predicted octanol–water partition coefficient (Wildman–Crippen LogP) is 2.04. The van der Waals surface area contributed by atoms with E-state index in [-0.39, 0.29) is 11.9 Å². The molecule has 0 spiro atoms. The van der Waals surface area contributed by atoms with Crippen LogP contribution < -0.4 is 5.32 Å². The Morgan fingerprint density at radius 2 is 2.04 bits per heavy atom. The first-order chi connectivity index (χ1) is 11.6. The van der Waals surface area contributed by atoms with E-state index in [1.165, 1.54) is 0 Å². The Morgan fingerprint density at radius 1 is 1.33 bits per heavy atom. The molecule has 24 heavy (non-hydrogen) atoms. The zero-order valence-electron chi connectivity index (χ0n) is 13.4. The molecule has 2 unspecified atom stereocenters. The van der Waals surface area contributed by atoms with Gasteiger partial charge in [-0.1, -0.05) is 42.5 Å². The Kier molecular flexibility index (Phi) is 3.94. The van der Waals surface area contributed by atoms with Crippen molar-refractivity contribution in [1.29, 1.82) is 0 Å². The van der Waals surface area contributed by atoms with Crippen LogP contribution in [-0.2, 0) is 11.3 Å². The van der Waals surface area contributed by atoms with Gasteiger partial charge >= 0.3 is 0 Å². The first-order valence-corrected chi connectivity index (χ1v) is 8.55. The van der Waals surface area contributed by atoms with E-state index in [4.69, 9.17) is 17.0 Å². The third-order valence-corrected chi connectivity index (χ3v) is 5.01. The fourth-order valence-electron chi connectivity index (χ4n) is 3.33. The van der Waals surface area contributed by atoms with Gasteiger partial charge in [0.05, 0.1) is 25.5 Å². The lowest BCUT2D eigenvalue weighted by Gasteiger charge is -2.10. The van der Waals surface area contributed by atoms with Crippen molar-refractivity contribution in [1.82, 2.24) is 15.1 Å². The van der Waals surface area contributed by atoms with Crippen LogP contribution in [0.4, 0.5) is 0 Å². The number of fused-ring (bicyclic) bond motifs is 1. The highest BCUT2D eigenvalue weighted by Gasteiger charge is 2.54. The number of hydrogen-bond acceptors (Lipinski definition) is 4. The molecule has 1 N–H and O–H groups in total. The molecule has 2 aliphatic rings. The molecule has 0 bridgehead atoms. The molecule has 1 saturated carbocycles. The topological polar surface area (TPSA) is 56.1 Å². The number of carbonyl (C=O) groups excluding carboxylic acids is 1. The Morgan fingerprint density at radius 3 is 2.71 bits per heavy atom. The highest BCUT2D eigenvalue weighted by Crippen LogP contribution is 2.44. The van der Waals surface area contributed by atoms with Crippen LogP contribution in [0.1, 0.15) is 28.7 Å². The number of ether oxygens (including phenoxy) is 1. The molecular formula is C18H19N3O2S. The number of aromatic nitrogens is 2. The molecule has 5 nitrogen and oxygen atoms in total. The molecule has 2 aromatic rings. The molecule has 1 saturated heterocycles. The van der Waals surface area contributed by atoms with Gasteiger partial charge < -0.3 is 10.1 Å². The molecule has 124 valence electrons. The number of amides is 1. The molecule has 0 radical (unpaired) electrons. The normalized spacial score (nSPS) is 24.5. The molecule has 1 aliphatic carbocycles. The zero-order chi connectivity index (χ0) is 16.7. The van der Waals surface area contributed by atoms with Crippen LogP contribution in [0.2, 0.25) is 0 Å². The third kappa shape index (κ3) is 2.87. The average Bonchev–Trinajstić information content (AvgIpc) is 2.98. The minimum atomic E-state index is -0.0830. The maximum absolute atomic E-state index is 12.7. The largest absolute Gasteiger partial charge is 0.381 e. The highest BCUT2D eigenvalue weighted by molar-refractivity contribution is 7.80. The maximum atomic E-state index is 12.7. The van der Waals surface area contributed by atoms with Crippen LogP contribution in [0.25, 0.3) is 0 Å². The summed E-state index contributed by atoms with van der Waals surface area (Å²) in [7, 11) is 0. The molecule has 2 heterocycles. The average molecular weight is 341 g/mol. The molecule has 6 heteroatoms. The van der Waals surface area contributed by atoms with E-state index in [9.17, 15) is 4.79 Å². The quantitative estimate of drug-likeness (QED) is 0.668. The number of hydrogen-bond donors (Lipinski definition) is 1. The van der Waals surface area contributed by atoms with E-state index in [1.807, 2.05) is 37.3 Å².